The zero-order valence-corrected chi connectivity index (χ0v) is 18.6. The largest absolute Gasteiger partial charge is 0.492 e. The average Bonchev–Trinajstić information content (AvgIpc) is 2.87. The summed E-state index contributed by atoms with van der Waals surface area (Å²) in [5.41, 5.74) is -3.77. The molecule has 4 rings (SSSR count). The van der Waals surface area contributed by atoms with Crippen LogP contribution in [0.1, 0.15) is 27.8 Å². The smallest absolute Gasteiger partial charge is 0.423 e. The van der Waals surface area contributed by atoms with Crippen molar-refractivity contribution in [3.63, 3.8) is 0 Å². The Hall–Kier alpha value is -3.56. The lowest BCUT2D eigenvalue weighted by atomic mass is 9.73. The number of hydrogen-bond acceptors (Lipinski definition) is 2. The molecule has 1 N–H and O–H groups in total. The van der Waals surface area contributed by atoms with E-state index in [1.54, 1.807) is 91.0 Å². The molecule has 4 aromatic carbocycles. The molecule has 2 nitrogen and oxygen atoms in total. The summed E-state index contributed by atoms with van der Waals surface area (Å²) in [5, 5.41) is 11.1. The van der Waals surface area contributed by atoms with E-state index in [4.69, 9.17) is 4.65 Å². The summed E-state index contributed by atoms with van der Waals surface area (Å²) in [5.74, 6) is 0. The molecule has 0 atom stereocenters. The van der Waals surface area contributed by atoms with Gasteiger partial charge in [0.25, 0.3) is 0 Å². The van der Waals surface area contributed by atoms with Gasteiger partial charge in [0.15, 0.2) is 0 Å². The van der Waals surface area contributed by atoms with Crippen molar-refractivity contribution in [3.05, 3.63) is 137 Å². The topological polar surface area (TPSA) is 29.5 Å². The number of rotatable bonds is 6. The molecule has 184 valence electrons. The van der Waals surface area contributed by atoms with Gasteiger partial charge >= 0.3 is 19.5 Å². The van der Waals surface area contributed by atoms with E-state index in [9.17, 15) is 31.4 Å². The molecule has 0 saturated carbocycles. The Kier molecular flexibility index (Phi) is 6.97. The summed E-state index contributed by atoms with van der Waals surface area (Å²) in [6.45, 7) is 0. The SMILES string of the molecule is OB(OC(c1ccccc1)(c1ccccc1)c1ccccc1)c1cc(C(F)(F)F)cc(C(F)(F)F)c1. The maximum atomic E-state index is 13.4. The number of alkyl halides is 6. The Bertz CT molecular complexity index is 1160. The van der Waals surface area contributed by atoms with Crippen LogP contribution in [0.15, 0.2) is 109 Å². The molecule has 0 spiro atoms. The molecular weight excluding hydrogens is 481 g/mol. The van der Waals surface area contributed by atoms with Gasteiger partial charge in [0.05, 0.1) is 11.1 Å². The van der Waals surface area contributed by atoms with Crippen LogP contribution in [0.4, 0.5) is 26.3 Å². The summed E-state index contributed by atoms with van der Waals surface area (Å²) in [6.07, 6.45) is -10.1. The van der Waals surface area contributed by atoms with Crippen molar-refractivity contribution in [1.29, 1.82) is 0 Å². The minimum atomic E-state index is -5.06. The highest BCUT2D eigenvalue weighted by Gasteiger charge is 2.43. The van der Waals surface area contributed by atoms with E-state index < -0.39 is 41.7 Å². The standard InChI is InChI=1S/C27H19BF6O2/c29-26(30,31)22-16-23(27(32,33)34)18-24(17-22)28(35)36-25(19-10-4-1-5-11-19,20-12-6-2-7-13-20)21-14-8-3-9-15-21/h1-18,35H. The molecule has 0 aromatic heterocycles. The minimum Gasteiger partial charge on any atom is -0.423 e. The second-order valence-corrected chi connectivity index (χ2v) is 8.09. The summed E-state index contributed by atoms with van der Waals surface area (Å²) < 4.78 is 86.8. The van der Waals surface area contributed by atoms with Crippen molar-refractivity contribution in [2.45, 2.75) is 18.0 Å². The van der Waals surface area contributed by atoms with Crippen LogP contribution in [0, 0.1) is 0 Å². The van der Waals surface area contributed by atoms with E-state index in [1.165, 1.54) is 0 Å². The Labute approximate surface area is 203 Å². The fraction of sp³-hybridized carbons (Fsp3) is 0.111. The lowest BCUT2D eigenvalue weighted by Crippen LogP contribution is -2.45. The van der Waals surface area contributed by atoms with Crippen molar-refractivity contribution in [2.24, 2.45) is 0 Å². The van der Waals surface area contributed by atoms with Crippen LogP contribution < -0.4 is 5.46 Å². The van der Waals surface area contributed by atoms with Gasteiger partial charge < -0.3 is 9.68 Å². The fourth-order valence-electron chi connectivity index (χ4n) is 4.08. The van der Waals surface area contributed by atoms with Gasteiger partial charge in [0.2, 0.25) is 0 Å². The van der Waals surface area contributed by atoms with Gasteiger partial charge in [-0.2, -0.15) is 26.3 Å². The Morgan fingerprint density at radius 3 is 1.14 bits per heavy atom. The molecule has 0 heterocycles. The third-order valence-electron chi connectivity index (χ3n) is 5.72. The van der Waals surface area contributed by atoms with Gasteiger partial charge in [-0.25, -0.2) is 0 Å². The first-order valence-corrected chi connectivity index (χ1v) is 10.8. The van der Waals surface area contributed by atoms with E-state index in [0.717, 1.165) is 0 Å². The third kappa shape index (κ3) is 5.17. The van der Waals surface area contributed by atoms with E-state index in [0.29, 0.717) is 28.8 Å². The molecule has 36 heavy (non-hydrogen) atoms. The normalized spacial score (nSPS) is 12.4. The molecule has 0 unspecified atom stereocenters. The molecule has 0 bridgehead atoms. The Morgan fingerprint density at radius 1 is 0.500 bits per heavy atom. The second-order valence-electron chi connectivity index (χ2n) is 8.09. The number of halogens is 6. The van der Waals surface area contributed by atoms with Crippen molar-refractivity contribution in [3.8, 4) is 0 Å². The van der Waals surface area contributed by atoms with Gasteiger partial charge in [0, 0.05) is 0 Å². The van der Waals surface area contributed by atoms with Crippen molar-refractivity contribution < 1.29 is 36.0 Å². The summed E-state index contributed by atoms with van der Waals surface area (Å²) in [6, 6.07) is 26.8. The molecular formula is C27H19BF6O2. The summed E-state index contributed by atoms with van der Waals surface area (Å²) in [7, 11) is -2.14. The van der Waals surface area contributed by atoms with Crippen molar-refractivity contribution in [2.75, 3.05) is 0 Å². The second kappa shape index (κ2) is 9.83. The molecule has 0 aliphatic heterocycles. The Balaban J connectivity index is 1.93. The lowest BCUT2D eigenvalue weighted by molar-refractivity contribution is -0.142. The highest BCUT2D eigenvalue weighted by molar-refractivity contribution is 6.60. The molecule has 9 heteroatoms. The van der Waals surface area contributed by atoms with E-state index in [1.807, 2.05) is 0 Å². The summed E-state index contributed by atoms with van der Waals surface area (Å²) >= 11 is 0. The quantitative estimate of drug-likeness (QED) is 0.188. The lowest BCUT2D eigenvalue weighted by Gasteiger charge is -2.37. The molecule has 0 aliphatic rings. The third-order valence-corrected chi connectivity index (χ3v) is 5.72. The number of benzene rings is 4. The first-order chi connectivity index (χ1) is 17.0. The van der Waals surface area contributed by atoms with Gasteiger partial charge in [-0.15, -0.1) is 0 Å². The van der Waals surface area contributed by atoms with Crippen molar-refractivity contribution >= 4 is 12.6 Å². The van der Waals surface area contributed by atoms with Gasteiger partial charge in [-0.05, 0) is 28.2 Å². The van der Waals surface area contributed by atoms with Gasteiger partial charge in [-0.3, -0.25) is 0 Å². The zero-order chi connectivity index (χ0) is 26.0. The molecule has 0 fully saturated rings. The van der Waals surface area contributed by atoms with Crippen LogP contribution in [-0.4, -0.2) is 12.1 Å². The molecule has 0 amide bonds. The number of hydrogen-bond donors (Lipinski definition) is 1. The maximum absolute atomic E-state index is 13.4. The molecule has 0 radical (unpaired) electrons. The molecule has 0 aliphatic carbocycles. The van der Waals surface area contributed by atoms with Crippen LogP contribution in [0.25, 0.3) is 0 Å². The fourth-order valence-corrected chi connectivity index (χ4v) is 4.08. The van der Waals surface area contributed by atoms with Gasteiger partial charge in [-0.1, -0.05) is 103 Å². The zero-order valence-electron chi connectivity index (χ0n) is 18.6. The molecule has 0 saturated heterocycles. The van der Waals surface area contributed by atoms with Crippen LogP contribution >= 0.6 is 0 Å². The van der Waals surface area contributed by atoms with Crippen LogP contribution in [0.3, 0.4) is 0 Å². The predicted octanol–water partition coefficient (Wildman–Crippen LogP) is 6.42. The predicted molar refractivity (Wildman–Crippen MR) is 124 cm³/mol. The average molecular weight is 500 g/mol. The monoisotopic (exact) mass is 500 g/mol. The highest BCUT2D eigenvalue weighted by atomic mass is 19.4. The molecule has 4 aromatic rings. The van der Waals surface area contributed by atoms with Crippen LogP contribution in [-0.2, 0) is 22.6 Å². The highest BCUT2D eigenvalue weighted by Crippen LogP contribution is 2.41. The van der Waals surface area contributed by atoms with E-state index >= 15 is 0 Å². The van der Waals surface area contributed by atoms with E-state index in [2.05, 4.69) is 0 Å². The summed E-state index contributed by atoms with van der Waals surface area (Å²) in [4.78, 5) is 0. The first-order valence-electron chi connectivity index (χ1n) is 10.8. The minimum absolute atomic E-state index is 0.00899. The van der Waals surface area contributed by atoms with Crippen LogP contribution in [0.5, 0.6) is 0 Å². The Morgan fingerprint density at radius 2 is 0.833 bits per heavy atom. The van der Waals surface area contributed by atoms with Gasteiger partial charge in [0.1, 0.15) is 5.60 Å². The maximum Gasteiger partial charge on any atom is 0.492 e. The van der Waals surface area contributed by atoms with Crippen molar-refractivity contribution in [1.82, 2.24) is 0 Å². The van der Waals surface area contributed by atoms with E-state index in [-0.39, 0.29) is 6.07 Å². The van der Waals surface area contributed by atoms with Crippen LogP contribution in [0.2, 0.25) is 0 Å². The first kappa shape index (κ1) is 25.5.